The lowest BCUT2D eigenvalue weighted by Gasteiger charge is -2.13. The van der Waals surface area contributed by atoms with Crippen molar-refractivity contribution in [2.75, 3.05) is 0 Å². The van der Waals surface area contributed by atoms with Gasteiger partial charge in [-0.2, -0.15) is 9.97 Å². The second-order valence-electron chi connectivity index (χ2n) is 12.4. The van der Waals surface area contributed by atoms with Gasteiger partial charge in [0.1, 0.15) is 11.7 Å². The average molecular weight is 765 g/mol. The normalized spacial score (nSPS) is 10.6. The van der Waals surface area contributed by atoms with Gasteiger partial charge in [-0.3, -0.25) is 40.8 Å². The standard InChI is InChI=1S/C39H32N12O6/c1-19(40)44-34(52)22-7-4-9-24(13-22)36(54)47-31(42)28-16-29(32(43)48-37(55)25-10-5-8-23(14-25)35(53)45-20(2)41)18-30(17-28)33-49-39(57-51-33)27-12-6-11-26(15-27)38-46-21(3)50-56-38/h4-18H,1-3H3,(H2,40,44,52)(H2,41,45,53)(H2,42,47,54)(H2,43,48,55). The number of benzene rings is 4. The van der Waals surface area contributed by atoms with E-state index in [-0.39, 0.29) is 62.3 Å². The van der Waals surface area contributed by atoms with Gasteiger partial charge in [0.15, 0.2) is 5.82 Å². The molecule has 2 heterocycles. The van der Waals surface area contributed by atoms with Gasteiger partial charge in [-0.25, -0.2) is 0 Å². The number of carbonyl (C=O) groups is 4. The number of nitrogens with zero attached hydrogens (tertiary/aromatic N) is 4. The number of hydrogen-bond donors (Lipinski definition) is 8. The number of rotatable bonds is 9. The van der Waals surface area contributed by atoms with E-state index in [9.17, 15) is 19.2 Å². The van der Waals surface area contributed by atoms with E-state index in [2.05, 4.69) is 41.5 Å². The average Bonchev–Trinajstić information content (AvgIpc) is 3.87. The first kappa shape index (κ1) is 38.4. The largest absolute Gasteiger partial charge is 0.334 e. The van der Waals surface area contributed by atoms with Crippen molar-refractivity contribution in [3.8, 4) is 34.3 Å². The molecule has 0 fully saturated rings. The summed E-state index contributed by atoms with van der Waals surface area (Å²) < 4.78 is 10.9. The second kappa shape index (κ2) is 16.4. The zero-order valence-corrected chi connectivity index (χ0v) is 30.4. The monoisotopic (exact) mass is 764 g/mol. The molecule has 57 heavy (non-hydrogen) atoms. The van der Waals surface area contributed by atoms with E-state index in [0.29, 0.717) is 22.8 Å². The fourth-order valence-electron chi connectivity index (χ4n) is 5.31. The highest BCUT2D eigenvalue weighted by molar-refractivity contribution is 6.16. The predicted octanol–water partition coefficient (Wildman–Crippen LogP) is 4.73. The van der Waals surface area contributed by atoms with Gasteiger partial charge in [0, 0.05) is 50.1 Å². The fraction of sp³-hybridized carbons (Fsp3) is 0.0769. The van der Waals surface area contributed by atoms with Gasteiger partial charge in [-0.05, 0) is 93.6 Å². The minimum Gasteiger partial charge on any atom is -0.334 e. The molecule has 6 rings (SSSR count). The van der Waals surface area contributed by atoms with Crippen LogP contribution in [0.3, 0.4) is 0 Å². The summed E-state index contributed by atoms with van der Waals surface area (Å²) in [6, 6.07) is 22.8. The Kier molecular flexibility index (Phi) is 11.1. The molecule has 8 N–H and O–H groups in total. The van der Waals surface area contributed by atoms with E-state index in [4.69, 9.17) is 30.7 Å². The Morgan fingerprint density at radius 2 is 0.895 bits per heavy atom. The van der Waals surface area contributed by atoms with Crippen LogP contribution < -0.4 is 21.3 Å². The molecule has 0 bridgehead atoms. The molecule has 0 spiro atoms. The molecule has 0 saturated carbocycles. The van der Waals surface area contributed by atoms with Gasteiger partial charge < -0.3 is 30.3 Å². The van der Waals surface area contributed by atoms with Crippen molar-refractivity contribution in [2.24, 2.45) is 0 Å². The zero-order chi connectivity index (χ0) is 40.8. The first-order valence-electron chi connectivity index (χ1n) is 16.9. The molecule has 4 aromatic carbocycles. The third-order valence-electron chi connectivity index (χ3n) is 7.93. The summed E-state index contributed by atoms with van der Waals surface area (Å²) in [7, 11) is 0. The molecule has 284 valence electrons. The molecular weight excluding hydrogens is 733 g/mol. The summed E-state index contributed by atoms with van der Waals surface area (Å²) in [6.07, 6.45) is 0. The Morgan fingerprint density at radius 3 is 1.33 bits per heavy atom. The molecule has 6 aromatic rings. The van der Waals surface area contributed by atoms with E-state index in [1.54, 1.807) is 31.2 Å². The fourth-order valence-corrected chi connectivity index (χ4v) is 5.31. The summed E-state index contributed by atoms with van der Waals surface area (Å²) in [6.45, 7) is 4.49. The number of amides is 4. The van der Waals surface area contributed by atoms with Gasteiger partial charge in [0.05, 0.1) is 11.7 Å². The van der Waals surface area contributed by atoms with Crippen molar-refractivity contribution < 1.29 is 28.2 Å². The van der Waals surface area contributed by atoms with Gasteiger partial charge in [-0.15, -0.1) is 0 Å². The lowest BCUT2D eigenvalue weighted by Crippen LogP contribution is -2.33. The molecule has 0 radical (unpaired) electrons. The molecule has 4 amide bonds. The summed E-state index contributed by atoms with van der Waals surface area (Å²) >= 11 is 0. The lowest BCUT2D eigenvalue weighted by atomic mass is 10.0. The number of nitrogens with one attached hydrogen (secondary N) is 8. The molecule has 2 aromatic heterocycles. The molecule has 0 atom stereocenters. The first-order chi connectivity index (χ1) is 27.2. The predicted molar refractivity (Wildman–Crippen MR) is 206 cm³/mol. The second-order valence-corrected chi connectivity index (χ2v) is 12.4. The molecule has 0 saturated heterocycles. The van der Waals surface area contributed by atoms with Gasteiger partial charge in [0.25, 0.3) is 35.4 Å². The number of aryl methyl sites for hydroxylation is 1. The van der Waals surface area contributed by atoms with Crippen molar-refractivity contribution in [3.05, 3.63) is 130 Å². The molecule has 0 aliphatic heterocycles. The minimum absolute atomic E-state index is 0.0470. The Bertz CT molecular complexity index is 2530. The van der Waals surface area contributed by atoms with Gasteiger partial charge >= 0.3 is 0 Å². The van der Waals surface area contributed by atoms with E-state index < -0.39 is 35.3 Å². The van der Waals surface area contributed by atoms with E-state index >= 15 is 0 Å². The lowest BCUT2D eigenvalue weighted by molar-refractivity contribution is 0.0961. The number of amidine groups is 4. The van der Waals surface area contributed by atoms with Crippen molar-refractivity contribution in [1.82, 2.24) is 41.5 Å². The van der Waals surface area contributed by atoms with Crippen LogP contribution in [0.2, 0.25) is 0 Å². The summed E-state index contributed by atoms with van der Waals surface area (Å²) in [5, 5.41) is 50.4. The highest BCUT2D eigenvalue weighted by atomic mass is 16.5. The maximum atomic E-state index is 13.3. The Labute approximate surface area is 323 Å². The molecule has 0 aliphatic carbocycles. The Balaban J connectivity index is 1.31. The highest BCUT2D eigenvalue weighted by Gasteiger charge is 2.20. The van der Waals surface area contributed by atoms with Crippen LogP contribution in [0, 0.1) is 28.6 Å². The van der Waals surface area contributed by atoms with Crippen molar-refractivity contribution in [3.63, 3.8) is 0 Å². The Hall–Kier alpha value is -8.28. The first-order valence-corrected chi connectivity index (χ1v) is 16.9. The maximum Gasteiger partial charge on any atom is 0.258 e. The SMILES string of the molecule is CC(=N)NC(=O)c1cccc(C(=O)NC(=N)c2cc(C(=N)NC(=O)c3cccc(C(=O)NC(C)=N)c3)cc(-c3noc(-c4cccc(-c5nc(C)no5)c4)n3)c2)c1. The third-order valence-corrected chi connectivity index (χ3v) is 7.93. The van der Waals surface area contributed by atoms with Crippen molar-refractivity contribution in [2.45, 2.75) is 20.8 Å². The van der Waals surface area contributed by atoms with Crippen molar-refractivity contribution >= 4 is 47.0 Å². The van der Waals surface area contributed by atoms with E-state index in [1.165, 1.54) is 80.6 Å². The van der Waals surface area contributed by atoms with Crippen LogP contribution in [0.25, 0.3) is 34.3 Å². The van der Waals surface area contributed by atoms with Crippen LogP contribution in [0.1, 0.15) is 72.2 Å². The highest BCUT2D eigenvalue weighted by Crippen LogP contribution is 2.28. The van der Waals surface area contributed by atoms with Gasteiger partial charge in [0.2, 0.25) is 5.82 Å². The molecule has 0 unspecified atom stereocenters. The summed E-state index contributed by atoms with van der Waals surface area (Å²) in [5.74, 6) is -2.67. The number of aromatic nitrogens is 4. The van der Waals surface area contributed by atoms with Crippen LogP contribution in [0.15, 0.2) is 100 Å². The summed E-state index contributed by atoms with van der Waals surface area (Å²) in [5.41, 5.74) is 1.91. The van der Waals surface area contributed by atoms with Crippen LogP contribution in [-0.4, -0.2) is 67.3 Å². The van der Waals surface area contributed by atoms with Crippen LogP contribution in [-0.2, 0) is 0 Å². The molecular formula is C39H32N12O6. The summed E-state index contributed by atoms with van der Waals surface area (Å²) in [4.78, 5) is 60.3. The number of carbonyl (C=O) groups excluding carboxylic acids is 4. The maximum absolute atomic E-state index is 13.3. The zero-order valence-electron chi connectivity index (χ0n) is 30.4. The van der Waals surface area contributed by atoms with Crippen LogP contribution in [0.5, 0.6) is 0 Å². The quantitative estimate of drug-likeness (QED) is 0.0740. The smallest absolute Gasteiger partial charge is 0.258 e. The van der Waals surface area contributed by atoms with Crippen LogP contribution in [0.4, 0.5) is 0 Å². The van der Waals surface area contributed by atoms with Gasteiger partial charge in [-0.1, -0.05) is 28.5 Å². The topological polar surface area (TPSA) is 290 Å². The molecule has 18 nitrogen and oxygen atoms in total. The number of hydrogen-bond acceptors (Lipinski definition) is 14. The van der Waals surface area contributed by atoms with E-state index in [0.717, 1.165) is 0 Å². The third kappa shape index (κ3) is 9.27. The van der Waals surface area contributed by atoms with Crippen LogP contribution >= 0.6 is 0 Å². The minimum atomic E-state index is -0.725. The molecule has 18 heteroatoms. The van der Waals surface area contributed by atoms with E-state index in [1.807, 2.05) is 0 Å². The Morgan fingerprint density at radius 1 is 0.491 bits per heavy atom. The van der Waals surface area contributed by atoms with Crippen molar-refractivity contribution in [1.29, 1.82) is 21.6 Å². The molecule has 0 aliphatic rings.